The number of alkyl carbamates (subject to hydrolysis) is 1. The first-order valence-electron chi connectivity index (χ1n) is 13.1. The van der Waals surface area contributed by atoms with E-state index in [0.29, 0.717) is 41.6 Å². The second-order valence-corrected chi connectivity index (χ2v) is 13.0. The van der Waals surface area contributed by atoms with Crippen molar-refractivity contribution in [3.05, 3.63) is 46.1 Å². The van der Waals surface area contributed by atoms with Gasteiger partial charge in [0.15, 0.2) is 0 Å². The maximum Gasteiger partial charge on any atom is 0.407 e. The van der Waals surface area contributed by atoms with Gasteiger partial charge in [-0.3, -0.25) is 0 Å². The monoisotopic (exact) mass is 566 g/mol. The molecule has 4 aliphatic rings. The Kier molecular flexibility index (Phi) is 7.06. The molecule has 196 valence electrons. The summed E-state index contributed by atoms with van der Waals surface area (Å²) in [7, 11) is 0. The molecule has 0 radical (unpaired) electrons. The van der Waals surface area contributed by atoms with E-state index in [1.165, 1.54) is 19.3 Å². The summed E-state index contributed by atoms with van der Waals surface area (Å²) in [5.74, 6) is 2.69. The molecule has 6 rings (SSSR count). The summed E-state index contributed by atoms with van der Waals surface area (Å²) in [6.07, 6.45) is 6.92. The maximum absolute atomic E-state index is 12.5. The first kappa shape index (κ1) is 25.8. The number of nitriles is 1. The number of carbonyl (C=O) groups excluding carboxylic acids is 1. The number of rotatable bonds is 7. The van der Waals surface area contributed by atoms with E-state index in [4.69, 9.17) is 4.74 Å². The first-order valence-corrected chi connectivity index (χ1v) is 13.9. The third-order valence-electron chi connectivity index (χ3n) is 7.96. The second-order valence-electron chi connectivity index (χ2n) is 12.0. The van der Waals surface area contributed by atoms with Crippen LogP contribution in [0.2, 0.25) is 0 Å². The van der Waals surface area contributed by atoms with Crippen molar-refractivity contribution in [2.45, 2.75) is 71.1 Å². The van der Waals surface area contributed by atoms with Crippen LogP contribution in [0.5, 0.6) is 0 Å². The molecule has 9 heteroatoms. The molecule has 4 bridgehead atoms. The van der Waals surface area contributed by atoms with Gasteiger partial charge in [0.2, 0.25) is 5.95 Å². The van der Waals surface area contributed by atoms with Gasteiger partial charge in [-0.2, -0.15) is 10.2 Å². The minimum Gasteiger partial charge on any atom is -0.444 e. The molecule has 4 aliphatic carbocycles. The average molecular weight is 568 g/mol. The zero-order chi connectivity index (χ0) is 26.2. The Morgan fingerprint density at radius 1 is 1.22 bits per heavy atom. The van der Waals surface area contributed by atoms with E-state index in [2.05, 4.69) is 47.9 Å². The van der Waals surface area contributed by atoms with Gasteiger partial charge in [0.25, 0.3) is 0 Å². The first-order chi connectivity index (χ1) is 17.6. The van der Waals surface area contributed by atoms with Gasteiger partial charge in [0.1, 0.15) is 23.1 Å². The van der Waals surface area contributed by atoms with Crippen molar-refractivity contribution in [3.63, 3.8) is 0 Å². The molecule has 5 atom stereocenters. The lowest BCUT2D eigenvalue weighted by atomic mass is 9.48. The highest BCUT2D eigenvalue weighted by atomic mass is 79.9. The molecule has 8 nitrogen and oxygen atoms in total. The topological polar surface area (TPSA) is 112 Å². The van der Waals surface area contributed by atoms with E-state index in [0.717, 1.165) is 29.4 Å². The van der Waals surface area contributed by atoms with Crippen LogP contribution in [0.15, 0.2) is 34.9 Å². The van der Waals surface area contributed by atoms with E-state index >= 15 is 0 Å². The third kappa shape index (κ3) is 6.01. The molecule has 1 heterocycles. The minimum atomic E-state index is -0.497. The fourth-order valence-corrected chi connectivity index (χ4v) is 7.32. The Hall–Kier alpha value is -2.86. The Labute approximate surface area is 227 Å². The van der Waals surface area contributed by atoms with Crippen LogP contribution in [0.25, 0.3) is 0 Å². The van der Waals surface area contributed by atoms with E-state index < -0.39 is 5.60 Å². The zero-order valence-electron chi connectivity index (χ0n) is 21.7. The van der Waals surface area contributed by atoms with Gasteiger partial charge < -0.3 is 20.7 Å². The van der Waals surface area contributed by atoms with Crippen molar-refractivity contribution in [1.82, 2.24) is 15.3 Å². The smallest absolute Gasteiger partial charge is 0.407 e. The number of nitrogens with one attached hydrogen (secondary N) is 3. The number of halogens is 1. The summed E-state index contributed by atoms with van der Waals surface area (Å²) in [5, 5.41) is 19.7. The largest absolute Gasteiger partial charge is 0.444 e. The molecule has 1 amide bonds. The number of aromatic nitrogens is 2. The van der Waals surface area contributed by atoms with Gasteiger partial charge in [-0.25, -0.2) is 9.78 Å². The molecular formula is C28H35BrN6O2. The molecular weight excluding hydrogens is 532 g/mol. The van der Waals surface area contributed by atoms with Gasteiger partial charge in [-0.05, 0) is 93.7 Å². The number of hydrogen-bond acceptors (Lipinski definition) is 7. The lowest BCUT2D eigenvalue weighted by molar-refractivity contribution is -0.0703. The van der Waals surface area contributed by atoms with Crippen molar-refractivity contribution in [2.75, 3.05) is 17.2 Å². The molecule has 2 aromatic rings. The highest BCUT2D eigenvalue weighted by Crippen LogP contribution is 2.60. The number of hydrogen-bond donors (Lipinski definition) is 3. The van der Waals surface area contributed by atoms with Crippen LogP contribution < -0.4 is 16.0 Å². The highest BCUT2D eigenvalue weighted by molar-refractivity contribution is 9.10. The summed E-state index contributed by atoms with van der Waals surface area (Å²) in [4.78, 5) is 21.5. The van der Waals surface area contributed by atoms with Crippen LogP contribution in [0, 0.1) is 34.5 Å². The van der Waals surface area contributed by atoms with E-state index in [-0.39, 0.29) is 17.6 Å². The van der Waals surface area contributed by atoms with Crippen molar-refractivity contribution < 1.29 is 9.53 Å². The minimum absolute atomic E-state index is 0.157. The summed E-state index contributed by atoms with van der Waals surface area (Å²) in [6.45, 7) is 7.05. The van der Waals surface area contributed by atoms with Crippen LogP contribution in [-0.2, 0) is 11.3 Å². The molecule has 3 N–H and O–H groups in total. The molecule has 1 unspecified atom stereocenters. The number of carbonyl (C=O) groups is 1. The van der Waals surface area contributed by atoms with E-state index in [9.17, 15) is 10.1 Å². The SMILES string of the molecule is CC(C)(C)OC(=O)N[C@@H]1[C@@H]2CC3C[C@H]1C[C@@](CNc1nc(NCc4cccc(Br)c4)ncc1C#N)(C3)C2. The van der Waals surface area contributed by atoms with E-state index in [1.54, 1.807) is 6.20 Å². The molecule has 1 aromatic carbocycles. The molecule has 0 spiro atoms. The molecule has 0 saturated heterocycles. The van der Waals surface area contributed by atoms with Gasteiger partial charge in [0, 0.05) is 23.6 Å². The van der Waals surface area contributed by atoms with Crippen molar-refractivity contribution in [2.24, 2.45) is 23.2 Å². The average Bonchev–Trinajstić information content (AvgIpc) is 2.82. The summed E-state index contributed by atoms with van der Waals surface area (Å²) >= 11 is 3.50. The lowest BCUT2D eigenvalue weighted by Gasteiger charge is -2.60. The lowest BCUT2D eigenvalue weighted by Crippen LogP contribution is -2.60. The van der Waals surface area contributed by atoms with Crippen LogP contribution in [-0.4, -0.2) is 34.2 Å². The molecule has 0 aliphatic heterocycles. The summed E-state index contributed by atoms with van der Waals surface area (Å²) in [5.41, 5.74) is 1.22. The predicted molar refractivity (Wildman–Crippen MR) is 146 cm³/mol. The molecule has 37 heavy (non-hydrogen) atoms. The summed E-state index contributed by atoms with van der Waals surface area (Å²) in [6, 6.07) is 10.5. The predicted octanol–water partition coefficient (Wildman–Crippen LogP) is 5.85. The van der Waals surface area contributed by atoms with Crippen LogP contribution in [0.1, 0.15) is 64.0 Å². The maximum atomic E-state index is 12.5. The van der Waals surface area contributed by atoms with Crippen LogP contribution in [0.3, 0.4) is 0 Å². The normalized spacial score (nSPS) is 27.9. The molecule has 4 saturated carbocycles. The Morgan fingerprint density at radius 2 is 1.97 bits per heavy atom. The van der Waals surface area contributed by atoms with Crippen LogP contribution in [0.4, 0.5) is 16.6 Å². The third-order valence-corrected chi connectivity index (χ3v) is 8.46. The fraction of sp³-hybridized carbons (Fsp3) is 0.571. The highest BCUT2D eigenvalue weighted by Gasteiger charge is 2.55. The van der Waals surface area contributed by atoms with Crippen molar-refractivity contribution in [3.8, 4) is 6.07 Å². The van der Waals surface area contributed by atoms with Gasteiger partial charge in [-0.15, -0.1) is 0 Å². The quantitative estimate of drug-likeness (QED) is 0.385. The second kappa shape index (κ2) is 10.1. The van der Waals surface area contributed by atoms with Crippen LogP contribution >= 0.6 is 15.9 Å². The van der Waals surface area contributed by atoms with Gasteiger partial charge in [-0.1, -0.05) is 28.1 Å². The van der Waals surface area contributed by atoms with E-state index in [1.807, 2.05) is 45.0 Å². The Bertz CT molecular complexity index is 1190. The van der Waals surface area contributed by atoms with Crippen molar-refractivity contribution >= 4 is 33.8 Å². The van der Waals surface area contributed by atoms with Gasteiger partial charge >= 0.3 is 6.09 Å². The number of benzene rings is 1. The standard InChI is InChI=1S/C28H35BrN6O2/c1-27(2,3)37-26(36)34-23-19-7-18-8-20(23)12-28(10-18,11-19)16-33-24-21(13-30)15-32-25(35-24)31-14-17-5-4-6-22(29)9-17/h4-6,9,15,18-20,23H,7-8,10-12,14,16H2,1-3H3,(H,34,36)(H2,31,32,33,35)/t18?,19-,20+,23-,28-. The number of anilines is 2. The number of ether oxygens (including phenoxy) is 1. The molecule has 4 fully saturated rings. The van der Waals surface area contributed by atoms with Crippen molar-refractivity contribution in [1.29, 1.82) is 5.26 Å². The fourth-order valence-electron chi connectivity index (χ4n) is 6.87. The Balaban J connectivity index is 1.24. The number of amides is 1. The Morgan fingerprint density at radius 3 is 2.65 bits per heavy atom. The number of nitrogens with zero attached hydrogens (tertiary/aromatic N) is 3. The molecule has 1 aromatic heterocycles. The zero-order valence-corrected chi connectivity index (χ0v) is 23.3. The van der Waals surface area contributed by atoms with Gasteiger partial charge in [0.05, 0.1) is 6.20 Å². The summed E-state index contributed by atoms with van der Waals surface area (Å²) < 4.78 is 6.57.